The molecule has 1 aromatic rings. The molecule has 0 saturated carbocycles. The van der Waals surface area contributed by atoms with Crippen LogP contribution in [0, 0.1) is 0 Å². The molecule has 6 heteroatoms. The average molecular weight is 319 g/mol. The van der Waals surface area contributed by atoms with Crippen LogP contribution in [0.1, 0.15) is 40.5 Å². The van der Waals surface area contributed by atoms with Gasteiger partial charge in [-0.1, -0.05) is 13.0 Å². The van der Waals surface area contributed by atoms with Crippen molar-refractivity contribution in [3.63, 3.8) is 0 Å². The molecular formula is C17H25N3O3. The zero-order chi connectivity index (χ0) is 16.7. The van der Waals surface area contributed by atoms with Gasteiger partial charge in [0.05, 0.1) is 6.10 Å². The van der Waals surface area contributed by atoms with Crippen LogP contribution in [0.2, 0.25) is 0 Å². The molecule has 0 radical (unpaired) electrons. The molecule has 0 aromatic heterocycles. The second kappa shape index (κ2) is 8.64. The molecule has 2 rings (SSSR count). The fraction of sp³-hybridized carbons (Fsp3) is 0.529. The number of hydrogen-bond acceptors (Lipinski definition) is 4. The van der Waals surface area contributed by atoms with Gasteiger partial charge < -0.3 is 20.7 Å². The molecule has 0 spiro atoms. The van der Waals surface area contributed by atoms with Crippen LogP contribution in [0.5, 0.6) is 0 Å². The van der Waals surface area contributed by atoms with Crippen molar-refractivity contribution >= 4 is 11.8 Å². The molecule has 126 valence electrons. The molecule has 1 atom stereocenters. The van der Waals surface area contributed by atoms with E-state index < -0.39 is 0 Å². The number of hydrogen-bond donors (Lipinski definition) is 2. The van der Waals surface area contributed by atoms with Gasteiger partial charge in [-0.25, -0.2) is 0 Å². The Kier molecular flexibility index (Phi) is 6.55. The first-order valence-electron chi connectivity index (χ1n) is 8.15. The topological polar surface area (TPSA) is 84.7 Å². The fourth-order valence-electron chi connectivity index (χ4n) is 2.54. The van der Waals surface area contributed by atoms with E-state index in [0.717, 1.165) is 12.8 Å². The van der Waals surface area contributed by atoms with Crippen LogP contribution in [-0.2, 0) is 4.74 Å². The van der Waals surface area contributed by atoms with Gasteiger partial charge in [-0.2, -0.15) is 0 Å². The lowest BCUT2D eigenvalue weighted by molar-refractivity contribution is 0.0520. The molecule has 1 heterocycles. The standard InChI is InChI=1S/C17H25N3O3/c1-2-7-19-16(21)13-5-3-6-14(10-13)17(22)20-8-4-9-23-15(11-18)12-20/h3,5-6,10,15H,2,4,7-9,11-12,18H2,1H3,(H,19,21). The Morgan fingerprint density at radius 2 is 2.17 bits per heavy atom. The second-order valence-corrected chi connectivity index (χ2v) is 5.67. The summed E-state index contributed by atoms with van der Waals surface area (Å²) in [5.41, 5.74) is 6.69. The number of carbonyl (C=O) groups excluding carboxylic acids is 2. The van der Waals surface area contributed by atoms with Crippen LogP contribution in [0.25, 0.3) is 0 Å². The molecular weight excluding hydrogens is 294 g/mol. The number of nitrogens with zero attached hydrogens (tertiary/aromatic N) is 1. The van der Waals surface area contributed by atoms with Gasteiger partial charge in [0.1, 0.15) is 0 Å². The highest BCUT2D eigenvalue weighted by Gasteiger charge is 2.23. The van der Waals surface area contributed by atoms with E-state index in [9.17, 15) is 9.59 Å². The van der Waals surface area contributed by atoms with Crippen LogP contribution in [0.4, 0.5) is 0 Å². The smallest absolute Gasteiger partial charge is 0.253 e. The number of rotatable bonds is 5. The van der Waals surface area contributed by atoms with E-state index in [2.05, 4.69) is 5.32 Å². The predicted octanol–water partition coefficient (Wildman–Crippen LogP) is 1.02. The fourth-order valence-corrected chi connectivity index (χ4v) is 2.54. The van der Waals surface area contributed by atoms with Gasteiger partial charge >= 0.3 is 0 Å². The third-order valence-electron chi connectivity index (χ3n) is 3.81. The Morgan fingerprint density at radius 3 is 2.91 bits per heavy atom. The van der Waals surface area contributed by atoms with E-state index in [-0.39, 0.29) is 17.9 Å². The number of benzene rings is 1. The quantitative estimate of drug-likeness (QED) is 0.848. The van der Waals surface area contributed by atoms with E-state index >= 15 is 0 Å². The highest BCUT2D eigenvalue weighted by Crippen LogP contribution is 2.12. The summed E-state index contributed by atoms with van der Waals surface area (Å²) in [6.45, 7) is 4.76. The Hall–Kier alpha value is -1.92. The van der Waals surface area contributed by atoms with E-state index in [0.29, 0.717) is 43.9 Å². The van der Waals surface area contributed by atoms with Gasteiger partial charge in [0.15, 0.2) is 0 Å². The van der Waals surface area contributed by atoms with Crippen molar-refractivity contribution in [2.24, 2.45) is 5.73 Å². The molecule has 1 aliphatic heterocycles. The maximum Gasteiger partial charge on any atom is 0.253 e. The van der Waals surface area contributed by atoms with Gasteiger partial charge in [-0.15, -0.1) is 0 Å². The predicted molar refractivity (Wildman–Crippen MR) is 88.4 cm³/mol. The number of nitrogens with two attached hydrogens (primary N) is 1. The lowest BCUT2D eigenvalue weighted by Crippen LogP contribution is -2.39. The van der Waals surface area contributed by atoms with Crippen LogP contribution in [0.15, 0.2) is 24.3 Å². The third kappa shape index (κ3) is 4.77. The van der Waals surface area contributed by atoms with E-state index in [1.165, 1.54) is 0 Å². The van der Waals surface area contributed by atoms with E-state index in [4.69, 9.17) is 10.5 Å². The number of carbonyl (C=O) groups is 2. The molecule has 1 fully saturated rings. The molecule has 1 aliphatic rings. The maximum absolute atomic E-state index is 12.7. The SMILES string of the molecule is CCCNC(=O)c1cccc(C(=O)N2CCCOC(CN)C2)c1. The minimum absolute atomic E-state index is 0.0842. The van der Waals surface area contributed by atoms with Gasteiger partial charge in [0, 0.05) is 43.9 Å². The molecule has 1 saturated heterocycles. The van der Waals surface area contributed by atoms with Gasteiger partial charge in [-0.05, 0) is 31.0 Å². The minimum atomic E-state index is -0.152. The summed E-state index contributed by atoms with van der Waals surface area (Å²) < 4.78 is 5.59. The Morgan fingerprint density at radius 1 is 1.39 bits per heavy atom. The van der Waals surface area contributed by atoms with Crippen LogP contribution < -0.4 is 11.1 Å². The summed E-state index contributed by atoms with van der Waals surface area (Å²) in [5.74, 6) is -0.236. The zero-order valence-corrected chi connectivity index (χ0v) is 13.6. The molecule has 6 nitrogen and oxygen atoms in total. The van der Waals surface area contributed by atoms with Crippen LogP contribution in [-0.4, -0.2) is 55.6 Å². The molecule has 0 bridgehead atoms. The molecule has 1 unspecified atom stereocenters. The zero-order valence-electron chi connectivity index (χ0n) is 13.6. The van der Waals surface area contributed by atoms with Crippen molar-refractivity contribution < 1.29 is 14.3 Å². The number of ether oxygens (including phenoxy) is 1. The van der Waals surface area contributed by atoms with Crippen molar-refractivity contribution in [2.45, 2.75) is 25.9 Å². The highest BCUT2D eigenvalue weighted by atomic mass is 16.5. The van der Waals surface area contributed by atoms with Crippen molar-refractivity contribution in [3.8, 4) is 0 Å². The van der Waals surface area contributed by atoms with Crippen molar-refractivity contribution in [3.05, 3.63) is 35.4 Å². The van der Waals surface area contributed by atoms with Crippen LogP contribution in [0.3, 0.4) is 0 Å². The molecule has 23 heavy (non-hydrogen) atoms. The monoisotopic (exact) mass is 319 g/mol. The Labute approximate surface area is 137 Å². The van der Waals surface area contributed by atoms with Crippen molar-refractivity contribution in [2.75, 3.05) is 32.8 Å². The van der Waals surface area contributed by atoms with E-state index in [1.54, 1.807) is 29.2 Å². The number of nitrogens with one attached hydrogen (secondary N) is 1. The minimum Gasteiger partial charge on any atom is -0.375 e. The molecule has 1 aromatic carbocycles. The highest BCUT2D eigenvalue weighted by molar-refractivity contribution is 5.99. The molecule has 2 amide bonds. The van der Waals surface area contributed by atoms with Gasteiger partial charge in [-0.3, -0.25) is 9.59 Å². The molecule has 3 N–H and O–H groups in total. The maximum atomic E-state index is 12.7. The molecule has 0 aliphatic carbocycles. The largest absolute Gasteiger partial charge is 0.375 e. The summed E-state index contributed by atoms with van der Waals surface area (Å²) in [4.78, 5) is 26.5. The Bertz CT molecular complexity index is 548. The second-order valence-electron chi connectivity index (χ2n) is 5.67. The van der Waals surface area contributed by atoms with Gasteiger partial charge in [0.25, 0.3) is 11.8 Å². The van der Waals surface area contributed by atoms with Crippen molar-refractivity contribution in [1.29, 1.82) is 0 Å². The first kappa shape index (κ1) is 17.4. The normalized spacial score (nSPS) is 18.3. The van der Waals surface area contributed by atoms with Crippen LogP contribution >= 0.6 is 0 Å². The lowest BCUT2D eigenvalue weighted by Gasteiger charge is -2.23. The first-order valence-corrected chi connectivity index (χ1v) is 8.15. The third-order valence-corrected chi connectivity index (χ3v) is 3.81. The summed E-state index contributed by atoms with van der Waals surface area (Å²) >= 11 is 0. The van der Waals surface area contributed by atoms with E-state index in [1.807, 2.05) is 6.92 Å². The van der Waals surface area contributed by atoms with Gasteiger partial charge in [0.2, 0.25) is 0 Å². The summed E-state index contributed by atoms with van der Waals surface area (Å²) in [5, 5.41) is 2.82. The number of amides is 2. The summed E-state index contributed by atoms with van der Waals surface area (Å²) in [7, 11) is 0. The van der Waals surface area contributed by atoms with Crippen molar-refractivity contribution in [1.82, 2.24) is 10.2 Å². The average Bonchev–Trinajstić information content (AvgIpc) is 2.84. The Balaban J connectivity index is 2.10. The lowest BCUT2D eigenvalue weighted by atomic mass is 10.1. The summed E-state index contributed by atoms with van der Waals surface area (Å²) in [6.07, 6.45) is 1.54. The first-order chi connectivity index (χ1) is 11.2. The summed E-state index contributed by atoms with van der Waals surface area (Å²) in [6, 6.07) is 6.84.